The first kappa shape index (κ1) is 14.6. The number of hydrogen-bond acceptors (Lipinski definition) is 4. The predicted molar refractivity (Wildman–Crippen MR) is 56.6 cm³/mol. The molecule has 0 aromatic carbocycles. The molecular formula is C9H7BrF3NO4. The van der Waals surface area contributed by atoms with Gasteiger partial charge in [0.05, 0.1) is 23.9 Å². The monoisotopic (exact) mass is 329 g/mol. The van der Waals surface area contributed by atoms with Gasteiger partial charge in [0.15, 0.2) is 5.75 Å². The summed E-state index contributed by atoms with van der Waals surface area (Å²) in [7, 11) is 0. The van der Waals surface area contributed by atoms with Crippen LogP contribution in [0.5, 0.6) is 11.5 Å². The van der Waals surface area contributed by atoms with Crippen molar-refractivity contribution in [3.8, 4) is 11.5 Å². The lowest BCUT2D eigenvalue weighted by atomic mass is 10.1. The van der Waals surface area contributed by atoms with Crippen LogP contribution in [0.25, 0.3) is 0 Å². The molecule has 0 radical (unpaired) electrons. The molecule has 1 aromatic heterocycles. The minimum atomic E-state index is -5.00. The van der Waals surface area contributed by atoms with Crippen molar-refractivity contribution in [3.05, 3.63) is 17.5 Å². The van der Waals surface area contributed by atoms with Crippen molar-refractivity contribution < 1.29 is 32.9 Å². The summed E-state index contributed by atoms with van der Waals surface area (Å²) >= 11 is 2.88. The van der Waals surface area contributed by atoms with Crippen LogP contribution in [0.3, 0.4) is 0 Å². The number of carboxylic acid groups (broad SMARTS) is 1. The maximum Gasteiger partial charge on any atom is 0.573 e. The van der Waals surface area contributed by atoms with Crippen LogP contribution in [0.15, 0.2) is 6.20 Å². The maximum absolute atomic E-state index is 12.2. The van der Waals surface area contributed by atoms with Gasteiger partial charge in [0.25, 0.3) is 0 Å². The zero-order chi connectivity index (χ0) is 13.9. The third kappa shape index (κ3) is 3.76. The third-order valence-corrected chi connectivity index (χ3v) is 2.42. The van der Waals surface area contributed by atoms with Crippen molar-refractivity contribution in [2.45, 2.75) is 18.1 Å². The number of halogens is 4. The minimum Gasteiger partial charge on any atom is -0.506 e. The van der Waals surface area contributed by atoms with Crippen molar-refractivity contribution in [1.82, 2.24) is 4.98 Å². The number of ether oxygens (including phenoxy) is 1. The fourth-order valence-corrected chi connectivity index (χ4v) is 1.74. The van der Waals surface area contributed by atoms with Crippen molar-refractivity contribution in [2.24, 2.45) is 0 Å². The van der Waals surface area contributed by atoms with Gasteiger partial charge in [-0.2, -0.15) is 0 Å². The van der Waals surface area contributed by atoms with E-state index in [9.17, 15) is 23.1 Å². The first-order valence-electron chi connectivity index (χ1n) is 4.47. The summed E-state index contributed by atoms with van der Waals surface area (Å²) in [6.45, 7) is 0. The molecule has 0 fully saturated rings. The van der Waals surface area contributed by atoms with E-state index in [1.54, 1.807) is 0 Å². The van der Waals surface area contributed by atoms with Gasteiger partial charge in [-0.3, -0.25) is 9.78 Å². The minimum absolute atomic E-state index is 0.139. The first-order valence-corrected chi connectivity index (χ1v) is 5.60. The number of alkyl halides is 4. The number of carbonyl (C=O) groups is 1. The average molecular weight is 330 g/mol. The summed E-state index contributed by atoms with van der Waals surface area (Å²) in [6, 6.07) is 0. The van der Waals surface area contributed by atoms with Gasteiger partial charge in [-0.05, 0) is 0 Å². The van der Waals surface area contributed by atoms with E-state index in [4.69, 9.17) is 5.11 Å². The molecule has 0 atom stereocenters. The van der Waals surface area contributed by atoms with Crippen molar-refractivity contribution >= 4 is 21.9 Å². The van der Waals surface area contributed by atoms with E-state index in [1.165, 1.54) is 0 Å². The van der Waals surface area contributed by atoms with E-state index >= 15 is 0 Å². The lowest BCUT2D eigenvalue weighted by Crippen LogP contribution is -2.20. The molecule has 0 aliphatic heterocycles. The van der Waals surface area contributed by atoms with E-state index in [-0.39, 0.29) is 10.9 Å². The number of pyridine rings is 1. The van der Waals surface area contributed by atoms with Gasteiger partial charge in [-0.1, -0.05) is 15.9 Å². The van der Waals surface area contributed by atoms with Crippen molar-refractivity contribution in [2.75, 3.05) is 0 Å². The van der Waals surface area contributed by atoms with Crippen LogP contribution in [-0.4, -0.2) is 27.5 Å². The summed E-state index contributed by atoms with van der Waals surface area (Å²) in [5.41, 5.74) is -0.620. The Labute approximate surface area is 107 Å². The molecular weight excluding hydrogens is 323 g/mol. The molecule has 0 bridgehead atoms. The highest BCUT2D eigenvalue weighted by Gasteiger charge is 2.34. The molecule has 0 spiro atoms. The van der Waals surface area contributed by atoms with Crippen molar-refractivity contribution in [3.63, 3.8) is 0 Å². The summed E-state index contributed by atoms with van der Waals surface area (Å²) in [4.78, 5) is 14.0. The second-order valence-electron chi connectivity index (χ2n) is 3.15. The Balaban J connectivity index is 3.29. The normalized spacial score (nSPS) is 11.3. The Morgan fingerprint density at radius 1 is 1.50 bits per heavy atom. The number of hydrogen-bond donors (Lipinski definition) is 2. The molecule has 0 aliphatic rings. The fraction of sp³-hybridized carbons (Fsp3) is 0.333. The van der Waals surface area contributed by atoms with E-state index in [0.717, 1.165) is 6.20 Å². The van der Waals surface area contributed by atoms with Gasteiger partial charge in [-0.25, -0.2) is 0 Å². The lowest BCUT2D eigenvalue weighted by Gasteiger charge is -2.15. The van der Waals surface area contributed by atoms with Crippen LogP contribution in [-0.2, 0) is 16.5 Å². The molecule has 0 saturated carbocycles. The summed E-state index contributed by atoms with van der Waals surface area (Å²) < 4.78 is 40.4. The first-order chi connectivity index (χ1) is 8.24. The van der Waals surface area contributed by atoms with Gasteiger partial charge >= 0.3 is 12.3 Å². The number of rotatable bonds is 4. The molecule has 1 heterocycles. The van der Waals surface area contributed by atoms with Crippen LogP contribution in [0.4, 0.5) is 13.2 Å². The molecule has 18 heavy (non-hydrogen) atoms. The Hall–Kier alpha value is -1.51. The number of nitrogens with zero attached hydrogens (tertiary/aromatic N) is 1. The second kappa shape index (κ2) is 5.42. The smallest absolute Gasteiger partial charge is 0.506 e. The topological polar surface area (TPSA) is 79.7 Å². The molecule has 0 saturated heterocycles. The molecule has 5 nitrogen and oxygen atoms in total. The molecule has 0 amide bonds. The molecule has 100 valence electrons. The van der Waals surface area contributed by atoms with Crippen LogP contribution >= 0.6 is 15.9 Å². The Bertz CT molecular complexity index is 464. The van der Waals surface area contributed by atoms with E-state index in [1.807, 2.05) is 0 Å². The van der Waals surface area contributed by atoms with Crippen LogP contribution in [0, 0.1) is 0 Å². The summed E-state index contributed by atoms with van der Waals surface area (Å²) in [5.74, 6) is -2.66. The largest absolute Gasteiger partial charge is 0.573 e. The van der Waals surface area contributed by atoms with Gasteiger partial charge in [0.1, 0.15) is 5.75 Å². The van der Waals surface area contributed by atoms with E-state index in [2.05, 4.69) is 25.7 Å². The van der Waals surface area contributed by atoms with Crippen LogP contribution in [0.2, 0.25) is 0 Å². The number of carboxylic acids is 1. The third-order valence-electron chi connectivity index (χ3n) is 1.86. The summed E-state index contributed by atoms with van der Waals surface area (Å²) in [6.07, 6.45) is -4.87. The highest BCUT2D eigenvalue weighted by molar-refractivity contribution is 9.08. The standard InChI is InChI=1S/C9H7BrF3NO4/c10-2-4-6(15)3-14-5(1-7(16)17)8(4)18-9(11,12)13/h3,15H,1-2H2,(H,16,17). The highest BCUT2D eigenvalue weighted by Crippen LogP contribution is 2.35. The summed E-state index contributed by atoms with van der Waals surface area (Å²) in [5, 5.41) is 17.8. The van der Waals surface area contributed by atoms with Gasteiger partial charge in [-0.15, -0.1) is 13.2 Å². The molecule has 9 heteroatoms. The zero-order valence-corrected chi connectivity index (χ0v) is 10.2. The highest BCUT2D eigenvalue weighted by atomic mass is 79.9. The Morgan fingerprint density at radius 3 is 2.56 bits per heavy atom. The van der Waals surface area contributed by atoms with Gasteiger partial charge in [0.2, 0.25) is 0 Å². The second-order valence-corrected chi connectivity index (χ2v) is 3.71. The average Bonchev–Trinajstić information content (AvgIpc) is 2.20. The molecule has 1 aromatic rings. The number of aromatic nitrogens is 1. The zero-order valence-electron chi connectivity index (χ0n) is 8.66. The quantitative estimate of drug-likeness (QED) is 0.828. The van der Waals surface area contributed by atoms with Crippen molar-refractivity contribution in [1.29, 1.82) is 0 Å². The fourth-order valence-electron chi connectivity index (χ4n) is 1.20. The van der Waals surface area contributed by atoms with Crippen LogP contribution in [0.1, 0.15) is 11.3 Å². The lowest BCUT2D eigenvalue weighted by molar-refractivity contribution is -0.275. The van der Waals surface area contributed by atoms with E-state index < -0.39 is 35.9 Å². The molecule has 0 unspecified atom stereocenters. The molecule has 0 aliphatic carbocycles. The SMILES string of the molecule is O=C(O)Cc1ncc(O)c(CBr)c1OC(F)(F)F. The molecule has 1 rings (SSSR count). The van der Waals surface area contributed by atoms with Gasteiger partial charge < -0.3 is 14.9 Å². The number of aromatic hydroxyl groups is 1. The predicted octanol–water partition coefficient (Wildman–Crippen LogP) is 2.21. The number of aliphatic carboxylic acids is 1. The Kier molecular flexibility index (Phi) is 4.38. The maximum atomic E-state index is 12.2. The van der Waals surface area contributed by atoms with E-state index in [0.29, 0.717) is 0 Å². The molecule has 2 N–H and O–H groups in total. The Morgan fingerprint density at radius 2 is 2.11 bits per heavy atom. The van der Waals surface area contributed by atoms with Gasteiger partial charge in [0, 0.05) is 5.33 Å². The van der Waals surface area contributed by atoms with Crippen LogP contribution < -0.4 is 4.74 Å².